The van der Waals surface area contributed by atoms with Gasteiger partial charge in [0.1, 0.15) is 0 Å². The number of anilines is 2. The third kappa shape index (κ3) is 4.41. The van der Waals surface area contributed by atoms with Crippen LogP contribution < -0.4 is 10.2 Å². The summed E-state index contributed by atoms with van der Waals surface area (Å²) in [5.74, 6) is -0.471. The number of nitrogens with one attached hydrogen (secondary N) is 1. The fourth-order valence-corrected chi connectivity index (χ4v) is 4.62. The highest BCUT2D eigenvalue weighted by Crippen LogP contribution is 2.34. The second-order valence-corrected chi connectivity index (χ2v) is 8.40. The predicted octanol–water partition coefficient (Wildman–Crippen LogP) is 5.39. The molecular formula is C25H24N2O2S. The van der Waals surface area contributed by atoms with Crippen molar-refractivity contribution in [3.05, 3.63) is 84.4 Å². The fraction of sp³-hybridized carbons (Fsp3) is 0.200. The number of benzene rings is 3. The Kier molecular flexibility index (Phi) is 6.19. The lowest BCUT2D eigenvalue weighted by molar-refractivity contribution is -0.122. The van der Waals surface area contributed by atoms with E-state index in [4.69, 9.17) is 0 Å². The first-order valence-corrected chi connectivity index (χ1v) is 11.0. The number of hydrogen-bond acceptors (Lipinski definition) is 3. The first-order chi connectivity index (χ1) is 14.7. The largest absolute Gasteiger partial charge is 0.325 e. The first kappa shape index (κ1) is 20.2. The van der Waals surface area contributed by atoms with Gasteiger partial charge in [0.2, 0.25) is 11.8 Å². The van der Waals surface area contributed by atoms with Crippen molar-refractivity contribution in [3.8, 4) is 0 Å². The highest BCUT2D eigenvalue weighted by molar-refractivity contribution is 7.99. The molecule has 1 aliphatic heterocycles. The molecule has 1 unspecified atom stereocenters. The van der Waals surface area contributed by atoms with Gasteiger partial charge in [-0.3, -0.25) is 9.59 Å². The van der Waals surface area contributed by atoms with Crippen LogP contribution in [0.15, 0.2) is 88.7 Å². The van der Waals surface area contributed by atoms with Gasteiger partial charge in [-0.1, -0.05) is 67.2 Å². The lowest BCUT2D eigenvalue weighted by atomic mass is 10.1. The van der Waals surface area contributed by atoms with Crippen molar-refractivity contribution in [2.75, 3.05) is 16.8 Å². The maximum Gasteiger partial charge on any atom is 0.229 e. The van der Waals surface area contributed by atoms with Crippen LogP contribution in [0, 0.1) is 5.92 Å². The van der Waals surface area contributed by atoms with Gasteiger partial charge in [0, 0.05) is 28.4 Å². The van der Waals surface area contributed by atoms with Crippen molar-refractivity contribution in [1.29, 1.82) is 0 Å². The summed E-state index contributed by atoms with van der Waals surface area (Å²) in [6.45, 7) is 2.49. The average Bonchev–Trinajstić information content (AvgIpc) is 3.17. The van der Waals surface area contributed by atoms with E-state index < -0.39 is 0 Å². The van der Waals surface area contributed by atoms with E-state index >= 15 is 0 Å². The zero-order valence-electron chi connectivity index (χ0n) is 16.9. The molecule has 0 bridgehead atoms. The van der Waals surface area contributed by atoms with Crippen molar-refractivity contribution in [1.82, 2.24) is 0 Å². The molecule has 3 aromatic carbocycles. The second kappa shape index (κ2) is 9.18. The monoisotopic (exact) mass is 416 g/mol. The van der Waals surface area contributed by atoms with Crippen molar-refractivity contribution in [2.45, 2.75) is 29.6 Å². The smallest absolute Gasteiger partial charge is 0.229 e. The molecule has 0 saturated carbocycles. The fourth-order valence-electron chi connectivity index (χ4n) is 3.70. The summed E-state index contributed by atoms with van der Waals surface area (Å²) in [5, 5.41) is 3.06. The molecule has 0 radical (unpaired) electrons. The molecule has 0 aliphatic carbocycles. The van der Waals surface area contributed by atoms with Crippen molar-refractivity contribution in [2.24, 2.45) is 5.92 Å². The summed E-state index contributed by atoms with van der Waals surface area (Å²) >= 11 is 1.61. The average molecular weight is 417 g/mol. The van der Waals surface area contributed by atoms with E-state index in [1.54, 1.807) is 16.7 Å². The summed E-state index contributed by atoms with van der Waals surface area (Å²) in [5.41, 5.74) is 2.81. The summed E-state index contributed by atoms with van der Waals surface area (Å²) < 4.78 is 0. The normalized spacial score (nSPS) is 16.0. The lowest BCUT2D eigenvalue weighted by Gasteiger charge is -2.20. The van der Waals surface area contributed by atoms with Gasteiger partial charge in [0.05, 0.1) is 11.6 Å². The number of rotatable bonds is 6. The van der Waals surface area contributed by atoms with E-state index in [2.05, 4.69) is 12.2 Å². The highest BCUT2D eigenvalue weighted by Gasteiger charge is 2.36. The van der Waals surface area contributed by atoms with E-state index in [0.717, 1.165) is 33.2 Å². The Hall–Kier alpha value is -3.05. The number of nitrogens with zero attached hydrogens (tertiary/aromatic N) is 1. The molecule has 1 saturated heterocycles. The van der Waals surface area contributed by atoms with E-state index in [-0.39, 0.29) is 24.2 Å². The molecule has 4 rings (SSSR count). The van der Waals surface area contributed by atoms with Gasteiger partial charge < -0.3 is 10.2 Å². The predicted molar refractivity (Wildman–Crippen MR) is 122 cm³/mol. The Labute approximate surface area is 181 Å². The van der Waals surface area contributed by atoms with Crippen LogP contribution in [0.2, 0.25) is 0 Å². The highest BCUT2D eigenvalue weighted by atomic mass is 32.2. The van der Waals surface area contributed by atoms with Crippen LogP contribution in [0.1, 0.15) is 18.9 Å². The third-order valence-electron chi connectivity index (χ3n) is 5.28. The molecule has 1 N–H and O–H groups in total. The molecule has 2 amide bonds. The van der Waals surface area contributed by atoms with Crippen molar-refractivity contribution >= 4 is 35.0 Å². The Morgan fingerprint density at radius 2 is 1.70 bits per heavy atom. The molecule has 5 heteroatoms. The molecule has 1 atom stereocenters. The van der Waals surface area contributed by atoms with E-state index in [0.29, 0.717) is 6.54 Å². The maximum atomic E-state index is 13.0. The minimum absolute atomic E-state index is 0.00277. The first-order valence-electron chi connectivity index (χ1n) is 10.2. The molecule has 0 aromatic heterocycles. The number of carbonyl (C=O) groups excluding carboxylic acids is 2. The molecular weight excluding hydrogens is 392 g/mol. The molecule has 0 spiro atoms. The van der Waals surface area contributed by atoms with Crippen LogP contribution in [0.3, 0.4) is 0 Å². The Balaban J connectivity index is 1.48. The van der Waals surface area contributed by atoms with Gasteiger partial charge in [-0.15, -0.1) is 0 Å². The molecule has 1 heterocycles. The molecule has 3 aromatic rings. The van der Waals surface area contributed by atoms with Gasteiger partial charge in [0.15, 0.2) is 0 Å². The number of para-hydroxylation sites is 2. The molecule has 30 heavy (non-hydrogen) atoms. The van der Waals surface area contributed by atoms with E-state index in [1.807, 2.05) is 78.9 Å². The molecule has 4 nitrogen and oxygen atoms in total. The van der Waals surface area contributed by atoms with Crippen LogP contribution in [0.5, 0.6) is 0 Å². The van der Waals surface area contributed by atoms with Gasteiger partial charge in [-0.25, -0.2) is 0 Å². The number of carbonyl (C=O) groups is 2. The minimum Gasteiger partial charge on any atom is -0.325 e. The van der Waals surface area contributed by atoms with Crippen LogP contribution in [-0.4, -0.2) is 18.4 Å². The van der Waals surface area contributed by atoms with Gasteiger partial charge in [0.25, 0.3) is 0 Å². The number of aryl methyl sites for hydroxylation is 1. The van der Waals surface area contributed by atoms with Gasteiger partial charge in [-0.05, 0) is 42.3 Å². The minimum atomic E-state index is -0.364. The van der Waals surface area contributed by atoms with Crippen LogP contribution >= 0.6 is 11.8 Å². The number of amides is 2. The molecule has 1 aliphatic rings. The second-order valence-electron chi connectivity index (χ2n) is 7.29. The SMILES string of the molecule is CCc1ccccc1N1CC(C(=O)Nc2ccccc2Sc2ccccc2)CC1=O. The van der Waals surface area contributed by atoms with E-state index in [9.17, 15) is 9.59 Å². The standard InChI is InChI=1S/C25H24N2O2S/c1-2-18-10-6-8-14-22(18)27-17-19(16-24(27)28)25(29)26-21-13-7-9-15-23(21)30-20-11-4-3-5-12-20/h3-15,19H,2,16-17H2,1H3,(H,26,29). The Morgan fingerprint density at radius 3 is 2.50 bits per heavy atom. The Morgan fingerprint density at radius 1 is 1.00 bits per heavy atom. The lowest BCUT2D eigenvalue weighted by Crippen LogP contribution is -2.28. The summed E-state index contributed by atoms with van der Waals surface area (Å²) in [7, 11) is 0. The van der Waals surface area contributed by atoms with Crippen molar-refractivity contribution < 1.29 is 9.59 Å². The zero-order chi connectivity index (χ0) is 20.9. The molecule has 152 valence electrons. The van der Waals surface area contributed by atoms with Crippen LogP contribution in [-0.2, 0) is 16.0 Å². The maximum absolute atomic E-state index is 13.0. The third-order valence-corrected chi connectivity index (χ3v) is 6.36. The zero-order valence-corrected chi connectivity index (χ0v) is 17.7. The van der Waals surface area contributed by atoms with E-state index in [1.165, 1.54) is 0 Å². The van der Waals surface area contributed by atoms with Crippen molar-refractivity contribution in [3.63, 3.8) is 0 Å². The Bertz CT molecular complexity index is 1050. The van der Waals surface area contributed by atoms with Gasteiger partial charge >= 0.3 is 0 Å². The van der Waals surface area contributed by atoms with Gasteiger partial charge in [-0.2, -0.15) is 0 Å². The van der Waals surface area contributed by atoms with Crippen LogP contribution in [0.25, 0.3) is 0 Å². The number of hydrogen-bond donors (Lipinski definition) is 1. The molecule has 1 fully saturated rings. The quantitative estimate of drug-likeness (QED) is 0.586. The summed E-state index contributed by atoms with van der Waals surface area (Å²) in [6, 6.07) is 25.8. The summed E-state index contributed by atoms with van der Waals surface area (Å²) in [4.78, 5) is 29.5. The van der Waals surface area contributed by atoms with Crippen LogP contribution in [0.4, 0.5) is 11.4 Å². The topological polar surface area (TPSA) is 49.4 Å². The summed E-state index contributed by atoms with van der Waals surface area (Å²) in [6.07, 6.45) is 1.08.